The number of carbonyl (C=O) groups excluding carboxylic acids is 1. The highest BCUT2D eigenvalue weighted by molar-refractivity contribution is 5.86. The summed E-state index contributed by atoms with van der Waals surface area (Å²) in [5.74, 6) is -51.9. The number of carbonyl (C=O) groups is 1. The van der Waals surface area contributed by atoms with E-state index in [1.165, 1.54) is 0 Å². The van der Waals surface area contributed by atoms with Gasteiger partial charge in [-0.3, -0.25) is 0 Å². The quantitative estimate of drug-likeness (QED) is 0.143. The van der Waals surface area contributed by atoms with Crippen molar-refractivity contribution in [2.75, 3.05) is 6.61 Å². The average molecular weight is 560 g/mol. The van der Waals surface area contributed by atoms with E-state index in [-0.39, 0.29) is 5.57 Å². The van der Waals surface area contributed by atoms with Gasteiger partial charge in [0.05, 0.1) is 19.4 Å². The third kappa shape index (κ3) is 6.62. The van der Waals surface area contributed by atoms with E-state index >= 15 is 0 Å². The van der Waals surface area contributed by atoms with Crippen molar-refractivity contribution >= 4 is 5.97 Å². The Morgan fingerprint density at radius 1 is 0.629 bits per heavy atom. The van der Waals surface area contributed by atoms with Crippen LogP contribution in [-0.2, 0) is 9.53 Å². The zero-order valence-electron chi connectivity index (χ0n) is 16.8. The van der Waals surface area contributed by atoms with E-state index in [4.69, 9.17) is 0 Å². The second-order valence-corrected chi connectivity index (χ2v) is 7.23. The van der Waals surface area contributed by atoms with E-state index in [1.54, 1.807) is 0 Å². The standard InChI is InChI=1S/C16H13F17O2/c1-7(2)8(34)35-4-3-9(17,18)5-10(19,20)6-11(21,22)12(23,24)13(25,26)14(27,28)15(29,30)16(31,32)33/h1,3-6H2,2H3. The predicted molar refractivity (Wildman–Crippen MR) is 80.3 cm³/mol. The first-order valence-electron chi connectivity index (χ1n) is 8.53. The maximum atomic E-state index is 13.6. The van der Waals surface area contributed by atoms with Crippen LogP contribution in [0.2, 0.25) is 0 Å². The molecule has 208 valence electrons. The van der Waals surface area contributed by atoms with Crippen LogP contribution in [0.3, 0.4) is 0 Å². The summed E-state index contributed by atoms with van der Waals surface area (Å²) in [7, 11) is 0. The number of esters is 1. The summed E-state index contributed by atoms with van der Waals surface area (Å²) in [4.78, 5) is 11.0. The molecule has 0 amide bonds. The Morgan fingerprint density at radius 2 is 1.03 bits per heavy atom. The zero-order chi connectivity index (χ0) is 28.7. The molecule has 0 bridgehead atoms. The van der Waals surface area contributed by atoms with Crippen molar-refractivity contribution in [3.05, 3.63) is 12.2 Å². The van der Waals surface area contributed by atoms with Crippen LogP contribution in [0.5, 0.6) is 0 Å². The van der Waals surface area contributed by atoms with Gasteiger partial charge >= 0.3 is 41.8 Å². The molecule has 19 heteroatoms. The first-order chi connectivity index (χ1) is 15.0. The minimum Gasteiger partial charge on any atom is -0.462 e. The van der Waals surface area contributed by atoms with Crippen LogP contribution in [-0.4, -0.2) is 60.2 Å². The van der Waals surface area contributed by atoms with E-state index in [1.807, 2.05) is 0 Å². The lowest BCUT2D eigenvalue weighted by Gasteiger charge is -2.40. The molecule has 0 aliphatic rings. The fourth-order valence-corrected chi connectivity index (χ4v) is 2.18. The molecule has 0 spiro atoms. The van der Waals surface area contributed by atoms with E-state index in [9.17, 15) is 79.4 Å². The molecule has 0 aromatic carbocycles. The smallest absolute Gasteiger partial charge is 0.460 e. The Kier molecular flexibility index (Phi) is 8.94. The van der Waals surface area contributed by atoms with E-state index in [0.717, 1.165) is 6.92 Å². The first kappa shape index (κ1) is 33.0. The molecule has 0 radical (unpaired) electrons. The van der Waals surface area contributed by atoms with Crippen molar-refractivity contribution < 1.29 is 84.2 Å². The Labute approximate surface area is 184 Å². The van der Waals surface area contributed by atoms with E-state index in [0.29, 0.717) is 0 Å². The molecule has 0 unspecified atom stereocenters. The Bertz CT molecular complexity index is 781. The maximum Gasteiger partial charge on any atom is 0.460 e. The van der Waals surface area contributed by atoms with Crippen molar-refractivity contribution in [2.45, 2.75) is 73.8 Å². The monoisotopic (exact) mass is 560 g/mol. The van der Waals surface area contributed by atoms with E-state index in [2.05, 4.69) is 11.3 Å². The molecule has 0 aliphatic carbocycles. The number of ether oxygens (including phenoxy) is 1. The molecular weight excluding hydrogens is 547 g/mol. The third-order valence-corrected chi connectivity index (χ3v) is 4.05. The van der Waals surface area contributed by atoms with Crippen LogP contribution < -0.4 is 0 Å². The van der Waals surface area contributed by atoms with Crippen LogP contribution in [0.1, 0.15) is 26.2 Å². The number of halogens is 17. The van der Waals surface area contributed by atoms with Gasteiger partial charge in [0.15, 0.2) is 0 Å². The molecule has 0 saturated heterocycles. The highest BCUT2D eigenvalue weighted by Crippen LogP contribution is 2.61. The number of alkyl halides is 17. The zero-order valence-corrected chi connectivity index (χ0v) is 16.8. The Hall–Kier alpha value is -1.98. The lowest BCUT2D eigenvalue weighted by molar-refractivity contribution is -0.442. The summed E-state index contributed by atoms with van der Waals surface area (Å²) in [6.45, 7) is 2.64. The summed E-state index contributed by atoms with van der Waals surface area (Å²) in [6.07, 6.45) is -16.8. The largest absolute Gasteiger partial charge is 0.462 e. The molecule has 0 rings (SSSR count). The molecule has 0 atom stereocenters. The van der Waals surface area contributed by atoms with Gasteiger partial charge < -0.3 is 4.74 Å². The Balaban J connectivity index is 5.87. The molecule has 0 aromatic heterocycles. The van der Waals surface area contributed by atoms with Gasteiger partial charge in [-0.2, -0.15) is 57.1 Å². The highest BCUT2D eigenvalue weighted by atomic mass is 19.4. The number of hydrogen-bond donors (Lipinski definition) is 0. The van der Waals surface area contributed by atoms with Crippen LogP contribution in [0, 0.1) is 0 Å². The fourth-order valence-electron chi connectivity index (χ4n) is 2.18. The highest BCUT2D eigenvalue weighted by Gasteiger charge is 2.91. The molecule has 0 saturated carbocycles. The van der Waals surface area contributed by atoms with Crippen LogP contribution in [0.4, 0.5) is 74.6 Å². The average Bonchev–Trinajstić information content (AvgIpc) is 2.57. The predicted octanol–water partition coefficient (Wildman–Crippen LogP) is 7.29. The van der Waals surface area contributed by atoms with Crippen LogP contribution >= 0.6 is 0 Å². The summed E-state index contributed by atoms with van der Waals surface area (Å²) in [5.41, 5.74) is -0.366. The molecule has 0 fully saturated rings. The summed E-state index contributed by atoms with van der Waals surface area (Å²) < 4.78 is 226. The normalized spacial score (nSPS) is 15.3. The molecule has 35 heavy (non-hydrogen) atoms. The van der Waals surface area contributed by atoms with Gasteiger partial charge in [-0.05, 0) is 6.92 Å². The van der Waals surface area contributed by atoms with Crippen molar-refractivity contribution in [3.8, 4) is 0 Å². The van der Waals surface area contributed by atoms with Crippen LogP contribution in [0.25, 0.3) is 0 Å². The van der Waals surface area contributed by atoms with Gasteiger partial charge in [0, 0.05) is 12.0 Å². The number of hydrogen-bond acceptors (Lipinski definition) is 2. The maximum absolute atomic E-state index is 13.6. The topological polar surface area (TPSA) is 26.3 Å². The second kappa shape index (κ2) is 9.48. The summed E-state index contributed by atoms with van der Waals surface area (Å²) in [6, 6.07) is 0. The summed E-state index contributed by atoms with van der Waals surface area (Å²) in [5, 5.41) is 0. The molecule has 0 aromatic rings. The fraction of sp³-hybridized carbons (Fsp3) is 0.812. The lowest BCUT2D eigenvalue weighted by Crippen LogP contribution is -2.70. The Morgan fingerprint density at radius 3 is 1.40 bits per heavy atom. The van der Waals surface area contributed by atoms with Crippen molar-refractivity contribution in [3.63, 3.8) is 0 Å². The lowest BCUT2D eigenvalue weighted by atomic mass is 9.90. The molecule has 0 heterocycles. The van der Waals surface area contributed by atoms with Crippen molar-refractivity contribution in [1.29, 1.82) is 0 Å². The van der Waals surface area contributed by atoms with Gasteiger partial charge in [0.2, 0.25) is 0 Å². The minimum atomic E-state index is -8.32. The molecular formula is C16H13F17O2. The van der Waals surface area contributed by atoms with Gasteiger partial charge in [0.1, 0.15) is 0 Å². The molecule has 2 nitrogen and oxygen atoms in total. The SMILES string of the molecule is C=C(C)C(=O)OCCC(F)(F)CC(F)(F)CC(F)(F)C(F)(F)C(F)(F)C(F)(F)C(F)(F)C(F)(F)F. The van der Waals surface area contributed by atoms with Crippen molar-refractivity contribution in [2.24, 2.45) is 0 Å². The number of rotatable bonds is 12. The first-order valence-corrected chi connectivity index (χ1v) is 8.53. The summed E-state index contributed by atoms with van der Waals surface area (Å²) >= 11 is 0. The van der Waals surface area contributed by atoms with Gasteiger partial charge in [-0.25, -0.2) is 22.4 Å². The second-order valence-electron chi connectivity index (χ2n) is 7.23. The molecule has 0 N–H and O–H groups in total. The van der Waals surface area contributed by atoms with Gasteiger partial charge in [-0.15, -0.1) is 0 Å². The third-order valence-electron chi connectivity index (χ3n) is 4.05. The van der Waals surface area contributed by atoms with E-state index < -0.39 is 79.5 Å². The minimum absolute atomic E-state index is 0.366. The van der Waals surface area contributed by atoms with Gasteiger partial charge in [0.25, 0.3) is 11.8 Å². The van der Waals surface area contributed by atoms with Gasteiger partial charge in [-0.1, -0.05) is 6.58 Å². The van der Waals surface area contributed by atoms with Crippen LogP contribution in [0.15, 0.2) is 12.2 Å². The molecule has 0 aliphatic heterocycles. The van der Waals surface area contributed by atoms with Crippen molar-refractivity contribution in [1.82, 2.24) is 0 Å².